The molecule has 11 heteroatoms. The molecule has 0 radical (unpaired) electrons. The highest BCUT2D eigenvalue weighted by Crippen LogP contribution is 2.36. The van der Waals surface area contributed by atoms with E-state index in [4.69, 9.17) is 22.1 Å². The summed E-state index contributed by atoms with van der Waals surface area (Å²) in [4.78, 5) is 26.3. The first-order valence-corrected chi connectivity index (χ1v) is 14.4. The van der Waals surface area contributed by atoms with Crippen molar-refractivity contribution in [2.24, 2.45) is 10.7 Å². The van der Waals surface area contributed by atoms with E-state index in [1.807, 2.05) is 44.2 Å². The van der Waals surface area contributed by atoms with Gasteiger partial charge in [0.15, 0.2) is 5.78 Å². The van der Waals surface area contributed by atoms with E-state index in [0.717, 1.165) is 49.3 Å². The molecule has 0 bridgehead atoms. The molecule has 2 atom stereocenters. The van der Waals surface area contributed by atoms with Gasteiger partial charge in [-0.2, -0.15) is 13.2 Å². The summed E-state index contributed by atoms with van der Waals surface area (Å²) in [5.41, 5.74) is 7.37. The van der Waals surface area contributed by atoms with Gasteiger partial charge in [0.2, 0.25) is 0 Å². The van der Waals surface area contributed by atoms with E-state index < -0.39 is 11.7 Å². The number of nitrogens with one attached hydrogen (secondary N) is 2. The maximum absolute atomic E-state index is 12.3. The van der Waals surface area contributed by atoms with Gasteiger partial charge in [0.25, 0.3) is 0 Å². The monoisotopic (exact) mass is 610 g/mol. The van der Waals surface area contributed by atoms with Crippen LogP contribution in [0.4, 0.5) is 18.9 Å². The van der Waals surface area contributed by atoms with Crippen LogP contribution in [-0.4, -0.2) is 43.6 Å². The van der Waals surface area contributed by atoms with Gasteiger partial charge in [-0.1, -0.05) is 50.9 Å². The summed E-state index contributed by atoms with van der Waals surface area (Å²) in [6.07, 6.45) is 2.39. The Hall–Kier alpha value is -3.53. The third-order valence-corrected chi connectivity index (χ3v) is 6.37. The van der Waals surface area contributed by atoms with Crippen LogP contribution in [0.25, 0.3) is 0 Å². The number of carbonyl (C=O) groups is 2. The first kappa shape index (κ1) is 36.5. The van der Waals surface area contributed by atoms with E-state index in [2.05, 4.69) is 22.5 Å². The van der Waals surface area contributed by atoms with E-state index >= 15 is 0 Å². The van der Waals surface area contributed by atoms with Crippen molar-refractivity contribution in [2.75, 3.05) is 18.9 Å². The topological polar surface area (TPSA) is 106 Å². The van der Waals surface area contributed by atoms with Gasteiger partial charge in [-0.25, -0.2) is 0 Å². The summed E-state index contributed by atoms with van der Waals surface area (Å²) in [6, 6.07) is 11.2. The molecule has 0 saturated carbocycles. The summed E-state index contributed by atoms with van der Waals surface area (Å²) in [5, 5.41) is 5.39. The SMILES string of the molecule is CC.CCCCC(/C=C(\N)C1=NCC(C(C)=O)N1)Oc1ccc(CCC=O)cc1.CNc1ccc(Cl)c(C(F)(F)F)c1. The molecule has 2 unspecified atom stereocenters. The lowest BCUT2D eigenvalue weighted by Gasteiger charge is -2.17. The number of aldehydes is 1. The number of amidine groups is 1. The van der Waals surface area contributed by atoms with Crippen molar-refractivity contribution in [3.63, 3.8) is 0 Å². The van der Waals surface area contributed by atoms with Crippen LogP contribution >= 0.6 is 11.6 Å². The molecule has 0 aliphatic carbocycles. The summed E-state index contributed by atoms with van der Waals surface area (Å²) in [5.74, 6) is 1.37. The second kappa shape index (κ2) is 18.8. The number of hydrogen-bond donors (Lipinski definition) is 3. The lowest BCUT2D eigenvalue weighted by atomic mass is 10.1. The third-order valence-electron chi connectivity index (χ3n) is 6.04. The molecule has 0 spiro atoms. The molecule has 42 heavy (non-hydrogen) atoms. The average molecular weight is 611 g/mol. The number of hydrogen-bond acceptors (Lipinski definition) is 7. The molecule has 1 heterocycles. The molecule has 0 fully saturated rings. The van der Waals surface area contributed by atoms with Gasteiger partial charge in [-0.05, 0) is 68.2 Å². The summed E-state index contributed by atoms with van der Waals surface area (Å²) in [6.45, 7) is 8.09. The highest BCUT2D eigenvalue weighted by molar-refractivity contribution is 6.31. The molecular weight excluding hydrogens is 569 g/mol. The number of ether oxygens (including phenoxy) is 1. The van der Waals surface area contributed by atoms with E-state index in [1.54, 1.807) is 14.0 Å². The van der Waals surface area contributed by atoms with E-state index in [1.165, 1.54) is 12.1 Å². The Balaban J connectivity index is 0.000000491. The van der Waals surface area contributed by atoms with Gasteiger partial charge in [-0.3, -0.25) is 9.79 Å². The number of unbranched alkanes of at least 4 members (excludes halogenated alkanes) is 1. The molecule has 4 N–H and O–H groups in total. The number of nitrogens with two attached hydrogens (primary N) is 1. The number of aliphatic imine (C=N–C) groups is 1. The van der Waals surface area contributed by atoms with Gasteiger partial charge in [-0.15, -0.1) is 0 Å². The number of alkyl halides is 3. The standard InChI is InChI=1S/C21H29N3O3.C8H7ClF3N.C2H6/c1-3-4-7-18(13-19(22)21-23-14-20(24-21)15(2)26)27-17-10-8-16(9-11-17)6-5-12-25;1-13-5-2-3-7(9)6(4-5)8(10,11)12;1-2/h8-13,18,20H,3-7,14,22H2,1-2H3,(H,23,24);2-4,13H,1H3;1-2H3/b19-13-;;. The number of anilines is 1. The van der Waals surface area contributed by atoms with Gasteiger partial charge < -0.3 is 25.9 Å². The largest absolute Gasteiger partial charge is 0.486 e. The maximum Gasteiger partial charge on any atom is 0.417 e. The molecular formula is C31H42ClF3N4O3. The Kier molecular flexibility index (Phi) is 16.3. The molecule has 0 saturated heterocycles. The summed E-state index contributed by atoms with van der Waals surface area (Å²) in [7, 11) is 1.55. The number of carbonyl (C=O) groups excluding carboxylic acids is 2. The lowest BCUT2D eigenvalue weighted by molar-refractivity contribution is -0.137. The van der Waals surface area contributed by atoms with Crippen molar-refractivity contribution in [2.45, 2.75) is 78.1 Å². The number of ketones is 1. The Morgan fingerprint density at radius 1 is 1.24 bits per heavy atom. The van der Waals surface area contributed by atoms with Crippen molar-refractivity contribution < 1.29 is 27.5 Å². The van der Waals surface area contributed by atoms with Crippen molar-refractivity contribution in [3.8, 4) is 5.75 Å². The summed E-state index contributed by atoms with van der Waals surface area (Å²) < 4.78 is 42.9. The fourth-order valence-electron chi connectivity index (χ4n) is 3.74. The number of rotatable bonds is 12. The second-order valence-electron chi connectivity index (χ2n) is 9.21. The van der Waals surface area contributed by atoms with Crippen LogP contribution < -0.4 is 21.1 Å². The van der Waals surface area contributed by atoms with Crippen molar-refractivity contribution in [3.05, 3.63) is 70.4 Å². The third kappa shape index (κ3) is 12.5. The normalized spacial score (nSPS) is 15.1. The molecule has 2 aromatic rings. The highest BCUT2D eigenvalue weighted by atomic mass is 35.5. The molecule has 232 valence electrons. The second-order valence-corrected chi connectivity index (χ2v) is 9.62. The van der Waals surface area contributed by atoms with Gasteiger partial charge in [0.1, 0.15) is 30.0 Å². The molecule has 3 rings (SSSR count). The van der Waals surface area contributed by atoms with Crippen molar-refractivity contribution in [1.29, 1.82) is 0 Å². The highest BCUT2D eigenvalue weighted by Gasteiger charge is 2.33. The molecule has 0 aromatic heterocycles. The number of aryl methyl sites for hydroxylation is 1. The fourth-order valence-corrected chi connectivity index (χ4v) is 3.96. The predicted octanol–water partition coefficient (Wildman–Crippen LogP) is 6.98. The zero-order valence-electron chi connectivity index (χ0n) is 24.9. The Bertz CT molecular complexity index is 1180. The smallest absolute Gasteiger partial charge is 0.417 e. The number of nitrogens with zero attached hydrogens (tertiary/aromatic N) is 1. The zero-order chi connectivity index (χ0) is 31.7. The molecule has 7 nitrogen and oxygen atoms in total. The quantitative estimate of drug-likeness (QED) is 0.224. The molecule has 0 amide bonds. The van der Waals surface area contributed by atoms with Crippen LogP contribution in [0.15, 0.2) is 59.2 Å². The Morgan fingerprint density at radius 2 is 1.90 bits per heavy atom. The van der Waals surface area contributed by atoms with Crippen LogP contribution in [0.2, 0.25) is 5.02 Å². The van der Waals surface area contributed by atoms with Crippen LogP contribution in [0.5, 0.6) is 5.75 Å². The minimum atomic E-state index is -4.40. The van der Waals surface area contributed by atoms with Crippen LogP contribution in [0, 0.1) is 0 Å². The first-order chi connectivity index (χ1) is 20.0. The molecule has 2 aromatic carbocycles. The maximum atomic E-state index is 12.3. The van der Waals surface area contributed by atoms with E-state index in [9.17, 15) is 22.8 Å². The van der Waals surface area contributed by atoms with Gasteiger partial charge in [0.05, 0.1) is 22.8 Å². The predicted molar refractivity (Wildman–Crippen MR) is 164 cm³/mol. The number of halogens is 4. The number of benzene rings is 2. The summed E-state index contributed by atoms with van der Waals surface area (Å²) >= 11 is 5.39. The van der Waals surface area contributed by atoms with Crippen molar-refractivity contribution >= 4 is 35.2 Å². The van der Waals surface area contributed by atoms with E-state index in [0.29, 0.717) is 30.2 Å². The van der Waals surface area contributed by atoms with Crippen LogP contribution in [0.3, 0.4) is 0 Å². The van der Waals surface area contributed by atoms with Crippen LogP contribution in [0.1, 0.15) is 64.5 Å². The minimum absolute atomic E-state index is 0.0509. The number of Topliss-reactive ketones (excluding diaryl/α,β-unsaturated/α-hetero) is 1. The van der Waals surface area contributed by atoms with Crippen molar-refractivity contribution in [1.82, 2.24) is 5.32 Å². The van der Waals surface area contributed by atoms with Gasteiger partial charge in [0, 0.05) is 19.2 Å². The molecule has 1 aliphatic rings. The Morgan fingerprint density at radius 3 is 2.43 bits per heavy atom. The first-order valence-electron chi connectivity index (χ1n) is 14.0. The minimum Gasteiger partial charge on any atom is -0.486 e. The van der Waals surface area contributed by atoms with Crippen LogP contribution in [-0.2, 0) is 22.2 Å². The lowest BCUT2D eigenvalue weighted by Crippen LogP contribution is -2.38. The molecule has 1 aliphatic heterocycles. The zero-order valence-corrected chi connectivity index (χ0v) is 25.6. The average Bonchev–Trinajstić information content (AvgIpc) is 3.48. The Labute approximate surface area is 251 Å². The van der Waals surface area contributed by atoms with E-state index in [-0.39, 0.29) is 23.0 Å². The fraction of sp³-hybridized carbons (Fsp3) is 0.452. The van der Waals surface area contributed by atoms with Gasteiger partial charge >= 0.3 is 6.18 Å².